The highest BCUT2D eigenvalue weighted by atomic mass is 15.5. The van der Waals surface area contributed by atoms with Crippen molar-refractivity contribution in [3.63, 3.8) is 0 Å². The fourth-order valence-corrected chi connectivity index (χ4v) is 3.13. The minimum Gasteiger partial charge on any atom is -0.364 e. The number of aromatic amines is 2. The van der Waals surface area contributed by atoms with Gasteiger partial charge in [-0.2, -0.15) is 5.21 Å². The summed E-state index contributed by atoms with van der Waals surface area (Å²) in [6.07, 6.45) is 3.69. The Morgan fingerprint density at radius 1 is 0.964 bits per heavy atom. The summed E-state index contributed by atoms with van der Waals surface area (Å²) in [6, 6.07) is 18.0. The molecule has 0 radical (unpaired) electrons. The molecule has 0 spiro atoms. The van der Waals surface area contributed by atoms with E-state index < -0.39 is 0 Å². The molecule has 8 heteroatoms. The number of nitrogens with one attached hydrogen (secondary N) is 3. The predicted octanol–water partition coefficient (Wildman–Crippen LogP) is 3.42. The van der Waals surface area contributed by atoms with Gasteiger partial charge in [-0.15, -0.1) is 10.2 Å². The summed E-state index contributed by atoms with van der Waals surface area (Å²) < 4.78 is 0. The van der Waals surface area contributed by atoms with Crippen LogP contribution in [0.5, 0.6) is 0 Å². The van der Waals surface area contributed by atoms with Crippen LogP contribution in [-0.4, -0.2) is 35.6 Å². The average Bonchev–Trinajstić information content (AvgIpc) is 3.45. The van der Waals surface area contributed by atoms with Gasteiger partial charge in [-0.3, -0.25) is 4.98 Å². The van der Waals surface area contributed by atoms with Crippen LogP contribution in [0.15, 0.2) is 67.0 Å². The van der Waals surface area contributed by atoms with Crippen LogP contribution in [0.1, 0.15) is 5.69 Å². The summed E-state index contributed by atoms with van der Waals surface area (Å²) in [5.41, 5.74) is 4.88. The van der Waals surface area contributed by atoms with E-state index in [1.807, 2.05) is 42.6 Å². The van der Waals surface area contributed by atoms with Crippen LogP contribution in [-0.2, 0) is 6.54 Å². The topological polar surface area (TPSA) is 108 Å². The van der Waals surface area contributed by atoms with Crippen molar-refractivity contribution in [3.8, 4) is 22.5 Å². The van der Waals surface area contributed by atoms with Crippen molar-refractivity contribution in [1.82, 2.24) is 35.6 Å². The Morgan fingerprint density at radius 2 is 1.86 bits per heavy atom. The molecule has 0 aliphatic rings. The van der Waals surface area contributed by atoms with E-state index in [0.717, 1.165) is 39.2 Å². The number of benzene rings is 1. The molecule has 0 aliphatic heterocycles. The lowest BCUT2D eigenvalue weighted by molar-refractivity contribution is 0.881. The third-order valence-corrected chi connectivity index (χ3v) is 4.50. The second-order valence-electron chi connectivity index (χ2n) is 6.28. The number of aromatic nitrogens is 7. The first kappa shape index (κ1) is 16.1. The fourth-order valence-electron chi connectivity index (χ4n) is 3.13. The van der Waals surface area contributed by atoms with Gasteiger partial charge in [-0.25, -0.2) is 4.98 Å². The normalized spacial score (nSPS) is 11.0. The molecule has 5 rings (SSSR count). The van der Waals surface area contributed by atoms with Gasteiger partial charge < -0.3 is 10.3 Å². The molecule has 136 valence electrons. The Hall–Kier alpha value is -4.07. The second kappa shape index (κ2) is 6.92. The first-order valence-electron chi connectivity index (χ1n) is 8.83. The van der Waals surface area contributed by atoms with Crippen molar-refractivity contribution in [3.05, 3.63) is 72.7 Å². The molecule has 1 aromatic carbocycles. The van der Waals surface area contributed by atoms with E-state index in [0.29, 0.717) is 12.4 Å². The van der Waals surface area contributed by atoms with Crippen molar-refractivity contribution in [1.29, 1.82) is 0 Å². The summed E-state index contributed by atoms with van der Waals surface area (Å²) in [5.74, 6) is 1.36. The molecule has 0 saturated carbocycles. The van der Waals surface area contributed by atoms with Crippen molar-refractivity contribution in [2.45, 2.75) is 6.54 Å². The zero-order valence-corrected chi connectivity index (χ0v) is 14.8. The van der Waals surface area contributed by atoms with Crippen LogP contribution in [0.2, 0.25) is 0 Å². The number of rotatable bonds is 5. The van der Waals surface area contributed by atoms with Gasteiger partial charge in [-0.1, -0.05) is 30.3 Å². The lowest BCUT2D eigenvalue weighted by Gasteiger charge is -2.10. The maximum absolute atomic E-state index is 4.67. The molecule has 0 fully saturated rings. The second-order valence-corrected chi connectivity index (χ2v) is 6.28. The lowest BCUT2D eigenvalue weighted by Crippen LogP contribution is -2.03. The van der Waals surface area contributed by atoms with Crippen molar-refractivity contribution in [2.24, 2.45) is 0 Å². The number of nitrogens with zero attached hydrogens (tertiary/aromatic N) is 5. The average molecular weight is 368 g/mol. The molecule has 4 aromatic heterocycles. The molecule has 4 heterocycles. The molecular weight excluding hydrogens is 352 g/mol. The zero-order chi connectivity index (χ0) is 18.8. The minimum atomic E-state index is 0.575. The monoisotopic (exact) mass is 368 g/mol. The lowest BCUT2D eigenvalue weighted by atomic mass is 10.0. The first-order valence-corrected chi connectivity index (χ1v) is 8.83. The van der Waals surface area contributed by atoms with Gasteiger partial charge >= 0.3 is 0 Å². The summed E-state index contributed by atoms with van der Waals surface area (Å²) in [6.45, 7) is 0.607. The number of fused-ring (bicyclic) bond motifs is 1. The number of H-pyrrole nitrogens is 2. The molecule has 0 atom stereocenters. The number of hydrogen-bond acceptors (Lipinski definition) is 6. The summed E-state index contributed by atoms with van der Waals surface area (Å²) >= 11 is 0. The van der Waals surface area contributed by atoms with Gasteiger partial charge in [0.2, 0.25) is 5.82 Å². The number of tetrazole rings is 1. The molecule has 8 nitrogen and oxygen atoms in total. The maximum Gasteiger partial charge on any atom is 0.204 e. The van der Waals surface area contributed by atoms with Crippen molar-refractivity contribution >= 4 is 16.9 Å². The minimum absolute atomic E-state index is 0.575. The van der Waals surface area contributed by atoms with Crippen LogP contribution < -0.4 is 5.32 Å². The Bertz CT molecular complexity index is 1190. The zero-order valence-electron chi connectivity index (χ0n) is 14.8. The van der Waals surface area contributed by atoms with Crippen LogP contribution in [0, 0.1) is 0 Å². The van der Waals surface area contributed by atoms with Crippen LogP contribution in [0.3, 0.4) is 0 Å². The molecule has 5 aromatic rings. The largest absolute Gasteiger partial charge is 0.364 e. The Morgan fingerprint density at radius 3 is 2.64 bits per heavy atom. The smallest absolute Gasteiger partial charge is 0.204 e. The number of anilines is 1. The molecule has 0 amide bonds. The Kier molecular flexibility index (Phi) is 3.98. The van der Waals surface area contributed by atoms with Gasteiger partial charge in [0.1, 0.15) is 11.5 Å². The molecule has 0 aliphatic carbocycles. The molecule has 28 heavy (non-hydrogen) atoms. The van der Waals surface area contributed by atoms with E-state index in [-0.39, 0.29) is 0 Å². The fraction of sp³-hybridized carbons (Fsp3) is 0.0500. The third kappa shape index (κ3) is 3.07. The maximum atomic E-state index is 4.67. The highest BCUT2D eigenvalue weighted by Crippen LogP contribution is 2.31. The van der Waals surface area contributed by atoms with Crippen LogP contribution in [0.4, 0.5) is 5.82 Å². The first-order chi connectivity index (χ1) is 13.9. The van der Waals surface area contributed by atoms with E-state index in [9.17, 15) is 0 Å². The highest BCUT2D eigenvalue weighted by molar-refractivity contribution is 5.95. The number of pyridine rings is 2. The van der Waals surface area contributed by atoms with Crippen LogP contribution >= 0.6 is 0 Å². The van der Waals surface area contributed by atoms with Gasteiger partial charge in [0.15, 0.2) is 0 Å². The van der Waals surface area contributed by atoms with Crippen molar-refractivity contribution in [2.75, 3.05) is 5.32 Å². The summed E-state index contributed by atoms with van der Waals surface area (Å²) in [7, 11) is 0. The summed E-state index contributed by atoms with van der Waals surface area (Å²) in [4.78, 5) is 12.2. The van der Waals surface area contributed by atoms with E-state index in [1.54, 1.807) is 6.20 Å². The van der Waals surface area contributed by atoms with Gasteiger partial charge in [0.25, 0.3) is 0 Å². The third-order valence-electron chi connectivity index (χ3n) is 4.50. The highest BCUT2D eigenvalue weighted by Gasteiger charge is 2.10. The molecule has 0 saturated heterocycles. The molecular formula is C20H16N8. The molecule has 0 bridgehead atoms. The van der Waals surface area contributed by atoms with E-state index in [2.05, 4.69) is 59.1 Å². The molecule has 3 N–H and O–H groups in total. The number of hydrogen-bond donors (Lipinski definition) is 3. The SMILES string of the molecule is c1ccc(CNc2cc(-c3ccc(-c4nn[nH]n4)cc3)c3cc[nH]c3n2)nc1. The van der Waals surface area contributed by atoms with E-state index >= 15 is 0 Å². The van der Waals surface area contributed by atoms with Gasteiger partial charge in [0, 0.05) is 23.3 Å². The van der Waals surface area contributed by atoms with Crippen molar-refractivity contribution < 1.29 is 0 Å². The van der Waals surface area contributed by atoms with Crippen LogP contribution in [0.25, 0.3) is 33.5 Å². The standard InChI is InChI=1S/C20H16N8/c1-2-9-21-15(3-1)12-23-18-11-17(16-8-10-22-20(16)24-18)13-4-6-14(7-5-13)19-25-27-28-26-19/h1-11H,12H2,(H2,22,23,24)(H,25,26,27,28). The Labute approximate surface area is 160 Å². The Balaban J connectivity index is 1.49. The van der Waals surface area contributed by atoms with E-state index in [4.69, 9.17) is 0 Å². The van der Waals surface area contributed by atoms with E-state index in [1.165, 1.54) is 0 Å². The van der Waals surface area contributed by atoms with Gasteiger partial charge in [0.05, 0.1) is 12.2 Å². The molecule has 0 unspecified atom stereocenters. The van der Waals surface area contributed by atoms with Gasteiger partial charge in [-0.05, 0) is 40.6 Å². The quantitative estimate of drug-likeness (QED) is 0.439. The predicted molar refractivity (Wildman–Crippen MR) is 106 cm³/mol. The summed E-state index contributed by atoms with van der Waals surface area (Å²) in [5, 5.41) is 18.5.